The van der Waals surface area contributed by atoms with Gasteiger partial charge >= 0.3 is 0 Å². The Labute approximate surface area is 53.6 Å². The topological polar surface area (TPSA) is 46.5 Å². The molecular weight excluding hydrogens is 120 g/mol. The molecule has 1 heterocycles. The fourth-order valence-electron chi connectivity index (χ4n) is 0.803. The Morgan fingerprint density at radius 1 is 1.78 bits per heavy atom. The number of Topliss-reactive ketones (excluding diaryl/α,β-unsaturated/α-hetero) is 1. The van der Waals surface area contributed by atoms with Gasteiger partial charge in [-0.1, -0.05) is 0 Å². The van der Waals surface area contributed by atoms with Crippen LogP contribution in [0.1, 0.15) is 13.8 Å². The van der Waals surface area contributed by atoms with E-state index in [0.29, 0.717) is 0 Å². The fourth-order valence-corrected chi connectivity index (χ4v) is 0.803. The van der Waals surface area contributed by atoms with E-state index < -0.39 is 11.7 Å². The van der Waals surface area contributed by atoms with Gasteiger partial charge in [0.15, 0.2) is 5.78 Å². The van der Waals surface area contributed by atoms with Crippen LogP contribution in [0.5, 0.6) is 0 Å². The van der Waals surface area contributed by atoms with Crippen LogP contribution in [0.25, 0.3) is 0 Å². The Morgan fingerprint density at radius 2 is 2.33 bits per heavy atom. The van der Waals surface area contributed by atoms with E-state index in [0.717, 1.165) is 0 Å². The molecular formula is C6H10O3. The largest absolute Gasteiger partial charge is 0.382 e. The van der Waals surface area contributed by atoms with Crippen LogP contribution in [-0.4, -0.2) is 29.2 Å². The van der Waals surface area contributed by atoms with Gasteiger partial charge in [0.2, 0.25) is 0 Å². The molecule has 3 nitrogen and oxygen atoms in total. The Morgan fingerprint density at radius 3 is 2.44 bits per heavy atom. The summed E-state index contributed by atoms with van der Waals surface area (Å²) in [4.78, 5) is 10.6. The maximum absolute atomic E-state index is 10.6. The first-order chi connectivity index (χ1) is 4.04. The van der Waals surface area contributed by atoms with E-state index in [9.17, 15) is 4.79 Å². The predicted molar refractivity (Wildman–Crippen MR) is 31.0 cm³/mol. The van der Waals surface area contributed by atoms with Crippen molar-refractivity contribution < 1.29 is 14.6 Å². The number of ether oxygens (including phenoxy) is 1. The van der Waals surface area contributed by atoms with E-state index >= 15 is 0 Å². The first kappa shape index (κ1) is 6.71. The number of carbonyl (C=O) groups excluding carboxylic acids is 1. The molecule has 1 N–H and O–H groups in total. The van der Waals surface area contributed by atoms with Crippen LogP contribution >= 0.6 is 0 Å². The van der Waals surface area contributed by atoms with E-state index in [4.69, 9.17) is 9.84 Å². The smallest absolute Gasteiger partial charge is 0.189 e. The Kier molecular flexibility index (Phi) is 1.33. The highest BCUT2D eigenvalue weighted by Gasteiger charge is 2.40. The lowest BCUT2D eigenvalue weighted by Gasteiger charge is -2.18. The summed E-state index contributed by atoms with van der Waals surface area (Å²) in [6.45, 7) is 3.44. The molecule has 0 saturated carbocycles. The molecule has 0 spiro atoms. The second kappa shape index (κ2) is 1.78. The first-order valence-corrected chi connectivity index (χ1v) is 2.89. The number of rotatable bonds is 0. The Hall–Kier alpha value is -0.410. The number of hydrogen-bond acceptors (Lipinski definition) is 3. The number of hydrogen-bond donors (Lipinski definition) is 1. The van der Waals surface area contributed by atoms with E-state index in [-0.39, 0.29) is 12.4 Å². The summed E-state index contributed by atoms with van der Waals surface area (Å²) in [5, 5.41) is 9.05. The fraction of sp³-hybridized carbons (Fsp3) is 0.833. The van der Waals surface area contributed by atoms with Crippen molar-refractivity contribution in [1.29, 1.82) is 0 Å². The van der Waals surface area contributed by atoms with Crippen molar-refractivity contribution in [2.24, 2.45) is 0 Å². The van der Waals surface area contributed by atoms with Gasteiger partial charge in [0, 0.05) is 0 Å². The van der Waals surface area contributed by atoms with Gasteiger partial charge in [-0.3, -0.25) is 4.79 Å². The summed E-state index contributed by atoms with van der Waals surface area (Å²) in [6, 6.07) is 0. The monoisotopic (exact) mass is 130 g/mol. The van der Waals surface area contributed by atoms with Crippen LogP contribution in [0.4, 0.5) is 0 Å². The normalized spacial score (nSPS) is 33.2. The molecule has 0 aliphatic carbocycles. The third-order valence-electron chi connectivity index (χ3n) is 1.55. The highest BCUT2D eigenvalue weighted by atomic mass is 16.5. The van der Waals surface area contributed by atoms with Crippen LogP contribution in [0.2, 0.25) is 0 Å². The van der Waals surface area contributed by atoms with Crippen LogP contribution < -0.4 is 0 Å². The SMILES string of the molecule is CC1(C)OCC(=O)C1O. The number of ketones is 1. The molecule has 1 aliphatic heterocycles. The maximum atomic E-state index is 10.6. The minimum absolute atomic E-state index is 0.0498. The molecule has 0 aromatic heterocycles. The van der Waals surface area contributed by atoms with Crippen molar-refractivity contribution in [3.8, 4) is 0 Å². The van der Waals surface area contributed by atoms with E-state index in [1.54, 1.807) is 13.8 Å². The minimum Gasteiger partial charge on any atom is -0.382 e. The van der Waals surface area contributed by atoms with Gasteiger partial charge in [0.05, 0.1) is 5.60 Å². The third kappa shape index (κ3) is 0.976. The van der Waals surface area contributed by atoms with Gasteiger partial charge in [0.1, 0.15) is 12.7 Å². The average molecular weight is 130 g/mol. The maximum Gasteiger partial charge on any atom is 0.189 e. The lowest BCUT2D eigenvalue weighted by atomic mass is 10.0. The van der Waals surface area contributed by atoms with Crippen molar-refractivity contribution in [1.82, 2.24) is 0 Å². The molecule has 1 saturated heterocycles. The lowest BCUT2D eigenvalue weighted by molar-refractivity contribution is -0.124. The number of aliphatic hydroxyl groups excluding tert-OH is 1. The second-order valence-electron chi connectivity index (χ2n) is 2.76. The molecule has 9 heavy (non-hydrogen) atoms. The highest BCUT2D eigenvalue weighted by Crippen LogP contribution is 2.21. The molecule has 0 radical (unpaired) electrons. The van der Waals surface area contributed by atoms with Gasteiger partial charge in [-0.15, -0.1) is 0 Å². The van der Waals surface area contributed by atoms with Crippen LogP contribution in [-0.2, 0) is 9.53 Å². The van der Waals surface area contributed by atoms with Crippen molar-refractivity contribution in [3.05, 3.63) is 0 Å². The van der Waals surface area contributed by atoms with Gasteiger partial charge < -0.3 is 9.84 Å². The van der Waals surface area contributed by atoms with Gasteiger partial charge in [0.25, 0.3) is 0 Å². The van der Waals surface area contributed by atoms with Gasteiger partial charge in [-0.25, -0.2) is 0 Å². The summed E-state index contributed by atoms with van der Waals surface area (Å²) in [5.74, 6) is -0.222. The standard InChI is InChI=1S/C6H10O3/c1-6(2)5(8)4(7)3-9-6/h5,8H,3H2,1-2H3. The molecule has 0 amide bonds. The molecule has 1 atom stereocenters. The zero-order valence-electron chi connectivity index (χ0n) is 5.55. The molecule has 0 bridgehead atoms. The van der Waals surface area contributed by atoms with Crippen molar-refractivity contribution in [2.45, 2.75) is 25.6 Å². The quantitative estimate of drug-likeness (QED) is 0.490. The van der Waals surface area contributed by atoms with E-state index in [1.165, 1.54) is 0 Å². The minimum atomic E-state index is -0.933. The molecule has 52 valence electrons. The van der Waals surface area contributed by atoms with Crippen LogP contribution in [0.3, 0.4) is 0 Å². The summed E-state index contributed by atoms with van der Waals surface area (Å²) >= 11 is 0. The van der Waals surface area contributed by atoms with Gasteiger partial charge in [-0.05, 0) is 13.8 Å². The zero-order chi connectivity index (χ0) is 7.07. The molecule has 0 aromatic rings. The number of aliphatic hydroxyl groups is 1. The van der Waals surface area contributed by atoms with E-state index in [1.807, 2.05) is 0 Å². The lowest BCUT2D eigenvalue weighted by Crippen LogP contribution is -2.35. The molecule has 1 aliphatic rings. The zero-order valence-corrected chi connectivity index (χ0v) is 5.55. The molecule has 1 rings (SSSR count). The molecule has 1 unspecified atom stereocenters. The summed E-state index contributed by atoms with van der Waals surface area (Å²) < 4.78 is 4.97. The summed E-state index contributed by atoms with van der Waals surface area (Å²) in [7, 11) is 0. The van der Waals surface area contributed by atoms with Crippen molar-refractivity contribution >= 4 is 5.78 Å². The highest BCUT2D eigenvalue weighted by molar-refractivity contribution is 5.87. The number of carbonyl (C=O) groups is 1. The summed E-state index contributed by atoms with van der Waals surface area (Å²) in [5.41, 5.74) is -0.670. The third-order valence-corrected chi connectivity index (χ3v) is 1.55. The summed E-state index contributed by atoms with van der Waals surface area (Å²) in [6.07, 6.45) is -0.933. The van der Waals surface area contributed by atoms with Crippen LogP contribution in [0, 0.1) is 0 Å². The molecule has 0 aromatic carbocycles. The molecule has 1 fully saturated rings. The molecule has 3 heteroatoms. The Balaban J connectivity index is 2.73. The first-order valence-electron chi connectivity index (χ1n) is 2.89. The average Bonchev–Trinajstić information content (AvgIpc) is 1.97. The second-order valence-corrected chi connectivity index (χ2v) is 2.76. The van der Waals surface area contributed by atoms with E-state index in [2.05, 4.69) is 0 Å². The Bertz CT molecular complexity index is 139. The van der Waals surface area contributed by atoms with Crippen molar-refractivity contribution in [2.75, 3.05) is 6.61 Å². The van der Waals surface area contributed by atoms with Crippen LogP contribution in [0.15, 0.2) is 0 Å². The predicted octanol–water partition coefficient (Wildman–Crippen LogP) is -0.275. The van der Waals surface area contributed by atoms with Gasteiger partial charge in [-0.2, -0.15) is 0 Å². The van der Waals surface area contributed by atoms with Crippen molar-refractivity contribution in [3.63, 3.8) is 0 Å².